The van der Waals surface area contributed by atoms with Gasteiger partial charge in [-0.1, -0.05) is 120 Å². The summed E-state index contributed by atoms with van der Waals surface area (Å²) in [5.41, 5.74) is 4.99. The first-order chi connectivity index (χ1) is 46.9. The van der Waals surface area contributed by atoms with Crippen molar-refractivity contribution in [2.24, 2.45) is 0 Å². The Hall–Kier alpha value is -9.86. The van der Waals surface area contributed by atoms with Crippen molar-refractivity contribution in [2.45, 2.75) is 151 Å². The van der Waals surface area contributed by atoms with Crippen LogP contribution in [-0.4, -0.2) is 204 Å². The van der Waals surface area contributed by atoms with Gasteiger partial charge in [0.05, 0.1) is 62.1 Å². The molecule has 4 amide bonds. The number of carbonyl (C=O) groups excluding carboxylic acids is 6. The second-order valence-electron chi connectivity index (χ2n) is 23.9. The lowest BCUT2D eigenvalue weighted by Gasteiger charge is -2.46. The van der Waals surface area contributed by atoms with Gasteiger partial charge in [0.15, 0.2) is 11.6 Å². The van der Waals surface area contributed by atoms with Crippen molar-refractivity contribution in [1.29, 1.82) is 0 Å². The van der Waals surface area contributed by atoms with Crippen LogP contribution in [0.5, 0.6) is 0 Å². The fourth-order valence-electron chi connectivity index (χ4n) is 11.4. The number of ether oxygens (including phenoxy) is 4. The van der Waals surface area contributed by atoms with E-state index >= 15 is 0 Å². The maximum absolute atomic E-state index is 13.2. The quantitative estimate of drug-likeness (QED) is 0.0267. The number of aliphatic hydroxyl groups excluding tert-OH is 6. The highest BCUT2D eigenvalue weighted by molar-refractivity contribution is 5.99. The predicted molar refractivity (Wildman–Crippen MR) is 343 cm³/mol. The van der Waals surface area contributed by atoms with Crippen molar-refractivity contribution in [3.63, 3.8) is 0 Å². The molecule has 30 heteroatoms. The van der Waals surface area contributed by atoms with E-state index in [0.717, 1.165) is 36.1 Å². The third kappa shape index (κ3) is 18.4. The maximum Gasteiger partial charge on any atom is 0.364 e. The smallest absolute Gasteiger partial charge is 0.364 e. The summed E-state index contributed by atoms with van der Waals surface area (Å²) < 4.78 is 26.0. The van der Waals surface area contributed by atoms with E-state index in [1.54, 1.807) is 48.5 Å². The number of carboxylic acids is 2. The van der Waals surface area contributed by atoms with Crippen LogP contribution in [0.1, 0.15) is 105 Å². The molecule has 98 heavy (non-hydrogen) atoms. The highest BCUT2D eigenvalue weighted by atomic mass is 16.7. The highest BCUT2D eigenvalue weighted by Gasteiger charge is 2.57. The average molecular weight is 1350 g/mol. The number of aliphatic hydroxyl groups is 6. The summed E-state index contributed by atoms with van der Waals surface area (Å²) in [5.74, 6) is -11.7. The van der Waals surface area contributed by atoms with Crippen LogP contribution in [-0.2, 0) is 64.4 Å². The Kier molecular flexibility index (Phi) is 24.3. The molecule has 0 unspecified atom stereocenters. The first-order valence-corrected chi connectivity index (χ1v) is 31.5. The molecule has 518 valence electrons. The summed E-state index contributed by atoms with van der Waals surface area (Å²) in [6.07, 6.45) is -12.4. The Balaban J connectivity index is 0.707. The molecule has 4 heterocycles. The first kappa shape index (κ1) is 72.4. The number of aromatic nitrogens is 6. The van der Waals surface area contributed by atoms with E-state index in [9.17, 15) is 79.2 Å². The molecule has 0 saturated carbocycles. The van der Waals surface area contributed by atoms with Gasteiger partial charge in [0, 0.05) is 88.0 Å². The van der Waals surface area contributed by atoms with Gasteiger partial charge in [-0.3, -0.25) is 38.1 Å². The summed E-state index contributed by atoms with van der Waals surface area (Å²) in [4.78, 5) is 103. The normalized spacial score (nSPS) is 21.9. The molecule has 2 aliphatic rings. The Bertz CT molecular complexity index is 3650. The Morgan fingerprint density at radius 3 is 1.18 bits per heavy atom. The topological polar surface area (TPSA) is 445 Å². The molecule has 2 saturated heterocycles. The standard InChI is InChI=1S/C68H76N10O20/c1-39(79)71-57-53(83)31-67(65(91)92,97-61(57)59(87)55(85)33-69-63(89)47-25-17-43(18-26-47)41-11-5-3-6-12-41)95-37-49-35-77(75-73-49)29-9-15-51(81)45-21-23-46(24-22-45)52(82)16-10-30-78-36-50(74-76-78)38-96-68(66(93)94)32-54(84)58(72-40(2)80)62(98-68)60(88)56(86)34-70-64(90)48-27-19-44(20-28-48)42-13-7-4-8-14-42/h3-8,11-14,17-28,35-36,53-62,83-88H,9-10,15-16,29-34,37-38H2,1-2H3,(H,69,89)(H,70,90)(H,71,79)(H,72,80)(H,91,92)(H,93,94)/t53-,54-,55+,56+,57+,58+,59+,60+,61+,62+,67+,68+/m0/s1. The average Bonchev–Trinajstić information content (AvgIpc) is 0.792. The van der Waals surface area contributed by atoms with Gasteiger partial charge >= 0.3 is 11.9 Å². The van der Waals surface area contributed by atoms with E-state index < -0.39 is 147 Å². The molecule has 12 atom stereocenters. The number of hydrogen-bond acceptors (Lipinski definition) is 22. The number of aryl methyl sites for hydroxylation is 2. The Morgan fingerprint density at radius 1 is 0.510 bits per heavy atom. The zero-order valence-corrected chi connectivity index (χ0v) is 53.3. The number of benzene rings is 5. The van der Waals surface area contributed by atoms with Crippen molar-refractivity contribution in [3.8, 4) is 22.3 Å². The number of carboxylic acid groups (broad SMARTS) is 2. The van der Waals surface area contributed by atoms with E-state index in [-0.39, 0.29) is 72.9 Å². The van der Waals surface area contributed by atoms with Gasteiger partial charge in [0.2, 0.25) is 11.8 Å². The number of amides is 4. The van der Waals surface area contributed by atoms with Crippen LogP contribution < -0.4 is 21.3 Å². The van der Waals surface area contributed by atoms with Crippen LogP contribution in [0.25, 0.3) is 22.3 Å². The molecular weight excluding hydrogens is 1280 g/mol. The lowest BCUT2D eigenvalue weighted by Crippen LogP contribution is -2.68. The Morgan fingerprint density at radius 2 is 0.847 bits per heavy atom. The summed E-state index contributed by atoms with van der Waals surface area (Å²) in [5, 5.41) is 114. The second kappa shape index (κ2) is 32.9. The molecule has 0 bridgehead atoms. The van der Waals surface area contributed by atoms with Crippen LogP contribution in [0.3, 0.4) is 0 Å². The van der Waals surface area contributed by atoms with Gasteiger partial charge in [-0.05, 0) is 59.4 Å². The van der Waals surface area contributed by atoms with Gasteiger partial charge in [-0.15, -0.1) is 10.2 Å². The van der Waals surface area contributed by atoms with Crippen LogP contribution in [0.15, 0.2) is 146 Å². The van der Waals surface area contributed by atoms with Crippen LogP contribution >= 0.6 is 0 Å². The van der Waals surface area contributed by atoms with Crippen LogP contribution in [0.4, 0.5) is 0 Å². The van der Waals surface area contributed by atoms with E-state index in [2.05, 4.69) is 41.9 Å². The van der Waals surface area contributed by atoms with Crippen molar-refractivity contribution in [2.75, 3.05) is 13.1 Å². The highest BCUT2D eigenvalue weighted by Crippen LogP contribution is 2.36. The molecule has 30 nitrogen and oxygen atoms in total. The number of ketones is 2. The number of hydrogen-bond donors (Lipinski definition) is 12. The molecule has 0 aliphatic carbocycles. The zero-order chi connectivity index (χ0) is 70.3. The van der Waals surface area contributed by atoms with Gasteiger partial charge in [0.25, 0.3) is 23.4 Å². The molecule has 0 spiro atoms. The van der Waals surface area contributed by atoms with E-state index in [0.29, 0.717) is 11.1 Å². The molecule has 5 aromatic carbocycles. The van der Waals surface area contributed by atoms with Gasteiger partial charge < -0.3 is 81.1 Å². The van der Waals surface area contributed by atoms with Crippen LogP contribution in [0, 0.1) is 0 Å². The number of nitrogens with one attached hydrogen (secondary N) is 4. The minimum atomic E-state index is -2.64. The molecule has 2 aliphatic heterocycles. The summed E-state index contributed by atoms with van der Waals surface area (Å²) in [6.45, 7) is 0.471. The van der Waals surface area contributed by atoms with Gasteiger partial charge in [-0.25, -0.2) is 9.59 Å². The summed E-state index contributed by atoms with van der Waals surface area (Å²) in [7, 11) is 0. The molecule has 0 radical (unpaired) electrons. The third-order valence-electron chi connectivity index (χ3n) is 16.6. The van der Waals surface area contributed by atoms with E-state index in [1.165, 1.54) is 46.0 Å². The molecule has 12 N–H and O–H groups in total. The first-order valence-electron chi connectivity index (χ1n) is 31.5. The summed E-state index contributed by atoms with van der Waals surface area (Å²) >= 11 is 0. The van der Waals surface area contributed by atoms with Crippen molar-refractivity contribution >= 4 is 47.1 Å². The minimum absolute atomic E-state index is 0.0583. The van der Waals surface area contributed by atoms with Gasteiger partial charge in [-0.2, -0.15) is 0 Å². The lowest BCUT2D eigenvalue weighted by atomic mass is 9.88. The van der Waals surface area contributed by atoms with E-state index in [1.807, 2.05) is 60.7 Å². The molecular formula is C68H76N10O20. The predicted octanol–water partition coefficient (Wildman–Crippen LogP) is 1.74. The second-order valence-corrected chi connectivity index (χ2v) is 23.9. The largest absolute Gasteiger partial charge is 0.477 e. The number of Topliss-reactive ketones (excluding diaryl/α,β-unsaturated/α-hetero) is 2. The number of carbonyl (C=O) groups is 8. The third-order valence-corrected chi connectivity index (χ3v) is 16.6. The zero-order valence-electron chi connectivity index (χ0n) is 53.3. The SMILES string of the molecule is CC(=O)N[C@H]1[C@H]([C@H](O)[C@H](O)CNC(=O)c2ccc(-c3ccccc3)cc2)O[C@@](OCc2cn(CCCC(=O)c3ccc(C(=O)CCCn4cc(CO[C@]5(C(=O)O)C[C@H](O)[C@@H](NC(C)=O)[C@H]([C@H](O)[C@H](O)CNC(=O)c6ccc(-c7ccccc7)cc6)O5)nn4)cc3)nn2)(C(=O)O)C[C@@H]1O. The Labute approximate surface area is 560 Å². The number of nitrogens with zero attached hydrogens (tertiary/aromatic N) is 6. The van der Waals surface area contributed by atoms with Crippen LogP contribution in [0.2, 0.25) is 0 Å². The molecule has 2 aromatic heterocycles. The lowest BCUT2D eigenvalue weighted by molar-refractivity contribution is -0.314. The fourth-order valence-corrected chi connectivity index (χ4v) is 11.4. The molecule has 7 aromatic rings. The van der Waals surface area contributed by atoms with Gasteiger partial charge in [0.1, 0.15) is 35.8 Å². The van der Waals surface area contributed by atoms with Crippen molar-refractivity contribution < 1.29 is 98.2 Å². The minimum Gasteiger partial charge on any atom is -0.477 e. The number of aliphatic carboxylic acids is 2. The summed E-state index contributed by atoms with van der Waals surface area (Å²) in [6, 6.07) is 35.5. The maximum atomic E-state index is 13.2. The monoisotopic (exact) mass is 1350 g/mol. The molecule has 9 rings (SSSR count). The number of rotatable bonds is 32. The van der Waals surface area contributed by atoms with Crippen molar-refractivity contribution in [1.82, 2.24) is 51.3 Å². The molecule has 2 fully saturated rings. The fraction of sp³-hybridized carbons (Fsp3) is 0.382. The van der Waals surface area contributed by atoms with Crippen molar-refractivity contribution in [3.05, 3.63) is 179 Å². The van der Waals surface area contributed by atoms with E-state index in [4.69, 9.17) is 18.9 Å².